The largest absolute Gasteiger partial charge is 0.463 e. The second-order valence-corrected chi connectivity index (χ2v) is 7.21. The lowest BCUT2D eigenvalue weighted by atomic mass is 10.0. The summed E-state index contributed by atoms with van der Waals surface area (Å²) in [7, 11) is 0. The van der Waals surface area contributed by atoms with E-state index in [9.17, 15) is 9.59 Å². The van der Waals surface area contributed by atoms with Gasteiger partial charge in [-0.05, 0) is 49.2 Å². The number of carbonyl (C=O) groups is 2. The van der Waals surface area contributed by atoms with Crippen molar-refractivity contribution < 1.29 is 14.3 Å². The van der Waals surface area contributed by atoms with Gasteiger partial charge in [-0.2, -0.15) is 5.10 Å². The molecule has 1 heterocycles. The molecule has 0 aliphatic rings. The van der Waals surface area contributed by atoms with E-state index < -0.39 is 6.04 Å². The highest BCUT2D eigenvalue weighted by Crippen LogP contribution is 2.20. The highest BCUT2D eigenvalue weighted by Gasteiger charge is 2.21. The van der Waals surface area contributed by atoms with E-state index in [1.54, 1.807) is 18.5 Å². The Bertz CT molecular complexity index is 772. The molecule has 140 valence electrons. The fraction of sp³-hybridized carbons (Fsp3) is 0.421. The third kappa shape index (κ3) is 5.42. The first kappa shape index (κ1) is 20.2. The number of aromatic nitrogens is 2. The minimum atomic E-state index is -0.449. The van der Waals surface area contributed by atoms with E-state index >= 15 is 0 Å². The van der Waals surface area contributed by atoms with Crippen LogP contribution in [0.5, 0.6) is 0 Å². The first-order valence-corrected chi connectivity index (χ1v) is 9.30. The molecule has 7 heteroatoms. The third-order valence-corrected chi connectivity index (χ3v) is 5.01. The molecule has 1 amide bonds. The Hall–Kier alpha value is -2.15. The van der Waals surface area contributed by atoms with Gasteiger partial charge < -0.3 is 10.1 Å². The summed E-state index contributed by atoms with van der Waals surface area (Å²) in [5.41, 5.74) is 2.57. The Kier molecular flexibility index (Phi) is 6.97. The summed E-state index contributed by atoms with van der Waals surface area (Å²) in [5.74, 6) is -0.558. The van der Waals surface area contributed by atoms with Gasteiger partial charge in [0.1, 0.15) is 6.54 Å². The summed E-state index contributed by atoms with van der Waals surface area (Å²) >= 11 is 3.46. The number of rotatable bonds is 7. The molecule has 0 unspecified atom stereocenters. The molecule has 1 atom stereocenters. The van der Waals surface area contributed by atoms with Gasteiger partial charge in [0, 0.05) is 0 Å². The van der Waals surface area contributed by atoms with Crippen molar-refractivity contribution in [2.75, 3.05) is 0 Å². The van der Waals surface area contributed by atoms with Gasteiger partial charge in [0.2, 0.25) is 5.91 Å². The molecule has 0 aliphatic carbocycles. The number of halogens is 1. The highest BCUT2D eigenvalue weighted by molar-refractivity contribution is 9.10. The van der Waals surface area contributed by atoms with Crippen LogP contribution >= 0.6 is 15.9 Å². The molecule has 1 N–H and O–H groups in total. The Labute approximate surface area is 162 Å². The zero-order valence-electron chi connectivity index (χ0n) is 15.5. The van der Waals surface area contributed by atoms with Crippen LogP contribution in [0.15, 0.2) is 34.8 Å². The number of aryl methyl sites for hydroxylation is 1. The summed E-state index contributed by atoms with van der Waals surface area (Å²) < 4.78 is 7.76. The van der Waals surface area contributed by atoms with Gasteiger partial charge in [-0.1, -0.05) is 30.3 Å². The topological polar surface area (TPSA) is 73.2 Å². The van der Waals surface area contributed by atoms with E-state index in [-0.39, 0.29) is 30.9 Å². The molecule has 26 heavy (non-hydrogen) atoms. The van der Waals surface area contributed by atoms with Gasteiger partial charge in [0.15, 0.2) is 0 Å². The van der Waals surface area contributed by atoms with Crippen LogP contribution < -0.4 is 5.32 Å². The number of nitrogens with zero attached hydrogens (tertiary/aromatic N) is 2. The van der Waals surface area contributed by atoms with Crippen molar-refractivity contribution in [2.45, 2.75) is 52.8 Å². The van der Waals surface area contributed by atoms with Gasteiger partial charge in [-0.3, -0.25) is 14.3 Å². The summed E-state index contributed by atoms with van der Waals surface area (Å²) in [6, 6.07) is 8.96. The highest BCUT2D eigenvalue weighted by atomic mass is 79.9. The number of hydrogen-bond donors (Lipinski definition) is 1. The maximum absolute atomic E-state index is 12.5. The van der Waals surface area contributed by atoms with Crippen LogP contribution in [0.3, 0.4) is 0 Å². The van der Waals surface area contributed by atoms with Crippen molar-refractivity contribution in [1.82, 2.24) is 15.1 Å². The molecule has 0 spiro atoms. The summed E-state index contributed by atoms with van der Waals surface area (Å²) in [6.45, 7) is 7.45. The van der Waals surface area contributed by atoms with Crippen LogP contribution in [0.25, 0.3) is 0 Å². The number of hydrogen-bond acceptors (Lipinski definition) is 4. The molecule has 0 aliphatic heterocycles. The average molecular weight is 422 g/mol. The molecule has 1 aromatic carbocycles. The zero-order chi connectivity index (χ0) is 19.3. The molecular formula is C19H24BrN3O3. The summed E-state index contributed by atoms with van der Waals surface area (Å²) in [4.78, 5) is 24.6. The van der Waals surface area contributed by atoms with E-state index in [1.165, 1.54) is 0 Å². The van der Waals surface area contributed by atoms with E-state index in [4.69, 9.17) is 4.74 Å². The van der Waals surface area contributed by atoms with Crippen LogP contribution in [-0.4, -0.2) is 27.8 Å². The number of amides is 1. The lowest BCUT2D eigenvalue weighted by molar-refractivity contribution is -0.148. The normalized spacial score (nSPS) is 12.1. The minimum absolute atomic E-state index is 0.0781. The fourth-order valence-corrected chi connectivity index (χ4v) is 2.90. The monoisotopic (exact) mass is 421 g/mol. The molecule has 0 radical (unpaired) electrons. The van der Waals surface area contributed by atoms with Gasteiger partial charge >= 0.3 is 5.97 Å². The van der Waals surface area contributed by atoms with Gasteiger partial charge in [0.25, 0.3) is 0 Å². The first-order chi connectivity index (χ1) is 12.3. The van der Waals surface area contributed by atoms with Crippen molar-refractivity contribution >= 4 is 27.8 Å². The van der Waals surface area contributed by atoms with Crippen molar-refractivity contribution in [3.05, 3.63) is 51.8 Å². The van der Waals surface area contributed by atoms with Crippen LogP contribution in [0.4, 0.5) is 0 Å². The Morgan fingerprint density at radius 1 is 1.23 bits per heavy atom. The molecule has 6 nitrogen and oxygen atoms in total. The molecule has 0 fully saturated rings. The number of carbonyl (C=O) groups excluding carboxylic acids is 2. The van der Waals surface area contributed by atoms with E-state index in [1.807, 2.05) is 44.2 Å². The molecule has 0 saturated carbocycles. The van der Waals surface area contributed by atoms with Crippen LogP contribution in [0.1, 0.15) is 43.3 Å². The molecule has 2 rings (SSSR count). The smallest absolute Gasteiger partial charge is 0.308 e. The number of esters is 1. The van der Waals surface area contributed by atoms with E-state index in [0.29, 0.717) is 0 Å². The molecule has 0 saturated heterocycles. The average Bonchev–Trinajstić information content (AvgIpc) is 2.81. The second kappa shape index (κ2) is 8.98. The van der Waals surface area contributed by atoms with Crippen molar-refractivity contribution in [2.24, 2.45) is 0 Å². The zero-order valence-corrected chi connectivity index (χ0v) is 17.0. The number of ether oxygens (including phenoxy) is 1. The van der Waals surface area contributed by atoms with Crippen LogP contribution in [0, 0.1) is 13.8 Å². The van der Waals surface area contributed by atoms with Crippen LogP contribution in [-0.2, 0) is 20.9 Å². The summed E-state index contributed by atoms with van der Waals surface area (Å²) in [5, 5.41) is 7.27. The summed E-state index contributed by atoms with van der Waals surface area (Å²) in [6.07, 6.45) is -0.115. The Morgan fingerprint density at radius 2 is 1.88 bits per heavy atom. The molecule has 1 aromatic heterocycles. The SMILES string of the molecule is Cc1nn(CC(=O)N[C@H](CC(=O)OC(C)C)c2ccccc2)c(C)c1Br. The van der Waals surface area contributed by atoms with E-state index in [2.05, 4.69) is 26.3 Å². The quantitative estimate of drug-likeness (QED) is 0.694. The second-order valence-electron chi connectivity index (χ2n) is 6.42. The first-order valence-electron chi connectivity index (χ1n) is 8.51. The third-order valence-electron chi connectivity index (χ3n) is 3.86. The van der Waals surface area contributed by atoms with Gasteiger partial charge in [-0.15, -0.1) is 0 Å². The Morgan fingerprint density at radius 3 is 2.42 bits per heavy atom. The fourth-order valence-electron chi connectivity index (χ4n) is 2.62. The maximum Gasteiger partial charge on any atom is 0.308 e. The van der Waals surface area contributed by atoms with Crippen molar-refractivity contribution in [3.8, 4) is 0 Å². The molecular weight excluding hydrogens is 398 g/mol. The van der Waals surface area contributed by atoms with Gasteiger partial charge in [0.05, 0.1) is 34.4 Å². The lowest BCUT2D eigenvalue weighted by Gasteiger charge is -2.19. The molecule has 0 bridgehead atoms. The van der Waals surface area contributed by atoms with Crippen LogP contribution in [0.2, 0.25) is 0 Å². The predicted molar refractivity (Wildman–Crippen MR) is 103 cm³/mol. The van der Waals surface area contributed by atoms with Crippen molar-refractivity contribution in [1.29, 1.82) is 0 Å². The van der Waals surface area contributed by atoms with Crippen molar-refractivity contribution in [3.63, 3.8) is 0 Å². The van der Waals surface area contributed by atoms with Gasteiger partial charge in [-0.25, -0.2) is 0 Å². The predicted octanol–water partition coefficient (Wildman–Crippen LogP) is 3.46. The number of benzene rings is 1. The van der Waals surface area contributed by atoms with E-state index in [0.717, 1.165) is 21.4 Å². The minimum Gasteiger partial charge on any atom is -0.463 e. The molecule has 2 aromatic rings. The number of nitrogens with one attached hydrogen (secondary N) is 1. The standard InChI is InChI=1S/C19H24BrN3O3/c1-12(2)26-18(25)10-16(15-8-6-5-7-9-15)21-17(24)11-23-14(4)19(20)13(3)22-23/h5-9,12,16H,10-11H2,1-4H3,(H,21,24)/t16-/m1/s1. The maximum atomic E-state index is 12.5. The lowest BCUT2D eigenvalue weighted by Crippen LogP contribution is -2.34. The Balaban J connectivity index is 2.11.